The highest BCUT2D eigenvalue weighted by Gasteiger charge is 2.34. The van der Waals surface area contributed by atoms with E-state index < -0.39 is 0 Å². The van der Waals surface area contributed by atoms with Gasteiger partial charge in [-0.2, -0.15) is 0 Å². The second-order valence-electron chi connectivity index (χ2n) is 3.85. The largest absolute Gasteiger partial charge is 0.352 e. The number of benzene rings is 1. The molecule has 0 aromatic heterocycles. The van der Waals surface area contributed by atoms with Crippen molar-refractivity contribution in [3.05, 3.63) is 34.9 Å². The zero-order valence-corrected chi connectivity index (χ0v) is 9.14. The van der Waals surface area contributed by atoms with Crippen molar-refractivity contribution in [1.82, 2.24) is 5.32 Å². The molecule has 14 heavy (non-hydrogen) atoms. The van der Waals surface area contributed by atoms with Gasteiger partial charge in [-0.15, -0.1) is 0 Å². The number of halogens is 1. The van der Waals surface area contributed by atoms with Gasteiger partial charge in [-0.05, 0) is 31.5 Å². The van der Waals surface area contributed by atoms with Crippen LogP contribution in [0.15, 0.2) is 24.3 Å². The van der Waals surface area contributed by atoms with Crippen molar-refractivity contribution < 1.29 is 4.74 Å². The lowest BCUT2D eigenvalue weighted by atomic mass is 10.1. The van der Waals surface area contributed by atoms with Crippen molar-refractivity contribution in [3.8, 4) is 0 Å². The summed E-state index contributed by atoms with van der Waals surface area (Å²) in [6.07, 6.45) is 0.249. The van der Waals surface area contributed by atoms with E-state index in [9.17, 15) is 0 Å². The Labute approximate surface area is 89.2 Å². The minimum absolute atomic E-state index is 0.249. The van der Waals surface area contributed by atoms with E-state index in [-0.39, 0.29) is 11.8 Å². The van der Waals surface area contributed by atoms with Gasteiger partial charge in [0.05, 0.1) is 6.10 Å². The maximum Gasteiger partial charge on any atom is 0.143 e. The Kier molecular flexibility index (Phi) is 2.52. The first-order chi connectivity index (χ1) is 6.60. The fourth-order valence-corrected chi connectivity index (χ4v) is 1.97. The molecule has 1 saturated heterocycles. The summed E-state index contributed by atoms with van der Waals surface area (Å²) in [5, 5.41) is 4.09. The third-order valence-electron chi connectivity index (χ3n) is 2.54. The summed E-state index contributed by atoms with van der Waals surface area (Å²) in [6.45, 7) is 4.97. The molecule has 1 fully saturated rings. The van der Waals surface area contributed by atoms with Crippen LogP contribution in [0.4, 0.5) is 0 Å². The van der Waals surface area contributed by atoms with Crippen LogP contribution in [0.25, 0.3) is 0 Å². The lowest BCUT2D eigenvalue weighted by Crippen LogP contribution is -2.34. The van der Waals surface area contributed by atoms with Crippen molar-refractivity contribution in [1.29, 1.82) is 0 Å². The van der Waals surface area contributed by atoms with E-state index in [2.05, 4.69) is 12.2 Å². The summed E-state index contributed by atoms with van der Waals surface area (Å²) in [5.41, 5.74) is 0.693. The van der Waals surface area contributed by atoms with Crippen LogP contribution >= 0.6 is 11.6 Å². The molecule has 1 aromatic carbocycles. The number of hydrogen-bond donors (Lipinski definition) is 1. The van der Waals surface area contributed by atoms with Gasteiger partial charge in [0.1, 0.15) is 5.72 Å². The molecule has 76 valence electrons. The van der Waals surface area contributed by atoms with Crippen LogP contribution in [0.5, 0.6) is 0 Å². The van der Waals surface area contributed by atoms with Crippen molar-refractivity contribution in [2.45, 2.75) is 25.7 Å². The normalized spacial score (nSPS) is 32.1. The molecule has 1 N–H and O–H groups in total. The van der Waals surface area contributed by atoms with Gasteiger partial charge in [0.25, 0.3) is 0 Å². The molecule has 1 aliphatic rings. The van der Waals surface area contributed by atoms with Crippen LogP contribution < -0.4 is 5.32 Å². The first kappa shape index (κ1) is 9.97. The smallest absolute Gasteiger partial charge is 0.143 e. The van der Waals surface area contributed by atoms with Gasteiger partial charge in [-0.25, -0.2) is 0 Å². The van der Waals surface area contributed by atoms with Gasteiger partial charge in [0, 0.05) is 11.6 Å². The van der Waals surface area contributed by atoms with Gasteiger partial charge < -0.3 is 4.74 Å². The van der Waals surface area contributed by atoms with E-state index in [1.54, 1.807) is 0 Å². The van der Waals surface area contributed by atoms with Gasteiger partial charge in [0.2, 0.25) is 0 Å². The molecular weight excluding hydrogens is 198 g/mol. The minimum atomic E-state index is -0.385. The molecular formula is C11H14ClNO. The van der Waals surface area contributed by atoms with Crippen LogP contribution in [0, 0.1) is 0 Å². The van der Waals surface area contributed by atoms with E-state index in [1.807, 2.05) is 31.2 Å². The minimum Gasteiger partial charge on any atom is -0.352 e. The summed E-state index contributed by atoms with van der Waals surface area (Å²) in [5.74, 6) is 0. The Bertz CT molecular complexity index is 342. The van der Waals surface area contributed by atoms with Crippen molar-refractivity contribution >= 4 is 11.6 Å². The molecule has 0 aliphatic carbocycles. The Morgan fingerprint density at radius 3 is 2.93 bits per heavy atom. The molecule has 2 nitrogen and oxygen atoms in total. The van der Waals surface area contributed by atoms with E-state index in [4.69, 9.17) is 16.3 Å². The maximum absolute atomic E-state index is 5.94. The third kappa shape index (κ3) is 1.78. The monoisotopic (exact) mass is 211 g/mol. The quantitative estimate of drug-likeness (QED) is 0.771. The van der Waals surface area contributed by atoms with Crippen LogP contribution in [-0.4, -0.2) is 12.6 Å². The van der Waals surface area contributed by atoms with Crippen molar-refractivity contribution in [2.24, 2.45) is 0 Å². The number of nitrogens with one attached hydrogen (secondary N) is 1. The molecule has 0 spiro atoms. The highest BCUT2D eigenvalue weighted by atomic mass is 35.5. The standard InChI is InChI=1S/C11H14ClNO/c1-8-7-13-11(2,14-8)9-4-3-5-10(12)6-9/h3-6,8,13H,7H2,1-2H3. The SMILES string of the molecule is CC1CNC(C)(c2cccc(Cl)c2)O1. The molecule has 2 unspecified atom stereocenters. The summed E-state index contributed by atoms with van der Waals surface area (Å²) in [6, 6.07) is 7.77. The summed E-state index contributed by atoms with van der Waals surface area (Å²) < 4.78 is 5.82. The average Bonchev–Trinajstić information content (AvgIpc) is 2.48. The Morgan fingerprint density at radius 2 is 2.36 bits per heavy atom. The Hall–Kier alpha value is -0.570. The molecule has 3 heteroatoms. The number of hydrogen-bond acceptors (Lipinski definition) is 2. The maximum atomic E-state index is 5.94. The molecule has 1 aromatic rings. The second kappa shape index (κ2) is 3.54. The van der Waals surface area contributed by atoms with Crippen LogP contribution in [0.3, 0.4) is 0 Å². The zero-order chi connectivity index (χ0) is 10.2. The molecule has 0 radical (unpaired) electrons. The Balaban J connectivity index is 2.30. The third-order valence-corrected chi connectivity index (χ3v) is 2.77. The average molecular weight is 212 g/mol. The molecule has 0 bridgehead atoms. The number of rotatable bonds is 1. The fraction of sp³-hybridized carbons (Fsp3) is 0.455. The predicted octanol–water partition coefficient (Wildman–Crippen LogP) is 2.52. The van der Waals surface area contributed by atoms with E-state index in [0.717, 1.165) is 17.1 Å². The van der Waals surface area contributed by atoms with Crippen molar-refractivity contribution in [2.75, 3.05) is 6.54 Å². The van der Waals surface area contributed by atoms with Gasteiger partial charge >= 0.3 is 0 Å². The summed E-state index contributed by atoms with van der Waals surface area (Å²) in [7, 11) is 0. The van der Waals surface area contributed by atoms with Gasteiger partial charge in [-0.3, -0.25) is 5.32 Å². The lowest BCUT2D eigenvalue weighted by Gasteiger charge is -2.24. The van der Waals surface area contributed by atoms with E-state index >= 15 is 0 Å². The first-order valence-electron chi connectivity index (χ1n) is 4.79. The van der Waals surface area contributed by atoms with Gasteiger partial charge in [0.15, 0.2) is 0 Å². The molecule has 0 amide bonds. The number of ether oxygens (including phenoxy) is 1. The van der Waals surface area contributed by atoms with Crippen LogP contribution in [0.1, 0.15) is 19.4 Å². The highest BCUT2D eigenvalue weighted by Crippen LogP contribution is 2.29. The Morgan fingerprint density at radius 1 is 1.57 bits per heavy atom. The fourth-order valence-electron chi connectivity index (χ4n) is 1.78. The van der Waals surface area contributed by atoms with Gasteiger partial charge in [-0.1, -0.05) is 23.7 Å². The molecule has 1 aliphatic heterocycles. The van der Waals surface area contributed by atoms with Crippen LogP contribution in [0.2, 0.25) is 5.02 Å². The summed E-state index contributed by atoms with van der Waals surface area (Å²) in [4.78, 5) is 0. The van der Waals surface area contributed by atoms with Crippen LogP contribution in [-0.2, 0) is 10.5 Å². The lowest BCUT2D eigenvalue weighted by molar-refractivity contribution is -0.0342. The highest BCUT2D eigenvalue weighted by molar-refractivity contribution is 6.30. The zero-order valence-electron chi connectivity index (χ0n) is 8.38. The molecule has 2 rings (SSSR count). The first-order valence-corrected chi connectivity index (χ1v) is 5.17. The molecule has 0 saturated carbocycles. The topological polar surface area (TPSA) is 21.3 Å². The van der Waals surface area contributed by atoms with E-state index in [0.29, 0.717) is 0 Å². The van der Waals surface area contributed by atoms with Crippen molar-refractivity contribution in [3.63, 3.8) is 0 Å². The summed E-state index contributed by atoms with van der Waals surface area (Å²) >= 11 is 5.94. The predicted molar refractivity (Wildman–Crippen MR) is 57.4 cm³/mol. The molecule has 2 atom stereocenters. The van der Waals surface area contributed by atoms with E-state index in [1.165, 1.54) is 0 Å². The molecule has 1 heterocycles. The second-order valence-corrected chi connectivity index (χ2v) is 4.29.